The van der Waals surface area contributed by atoms with Crippen LogP contribution < -0.4 is 9.42 Å². The third-order valence-corrected chi connectivity index (χ3v) is 3.09. The number of hydrogen-bond donors (Lipinski definition) is 0. The van der Waals surface area contributed by atoms with E-state index in [1.54, 1.807) is 29.7 Å². The van der Waals surface area contributed by atoms with Crippen molar-refractivity contribution < 1.29 is 14.2 Å². The van der Waals surface area contributed by atoms with E-state index in [2.05, 4.69) is 10.4 Å². The highest BCUT2D eigenvalue weighted by atomic mass is 16.5. The number of Topliss-reactive ketones (excluding diaryl/α,β-unsaturated/α-hetero) is 1. The summed E-state index contributed by atoms with van der Waals surface area (Å²) in [4.78, 5) is 11.3. The number of ether oxygens (including phenoxy) is 1. The Morgan fingerprint density at radius 2 is 2.00 bits per heavy atom. The molecule has 0 bridgehead atoms. The molecule has 0 atom stereocenters. The summed E-state index contributed by atoms with van der Waals surface area (Å²) in [5, 5.41) is 8.20. The molecule has 0 aliphatic heterocycles. The normalized spacial score (nSPS) is 11.4. The first-order chi connectivity index (χ1) is 9.42. The van der Waals surface area contributed by atoms with Crippen LogP contribution >= 0.6 is 0 Å². The predicted molar refractivity (Wildman–Crippen MR) is 72.7 cm³/mol. The lowest BCUT2D eigenvalue weighted by atomic mass is 9.99. The number of hydrogen-bond acceptors (Lipinski definition) is 4. The van der Waals surface area contributed by atoms with Crippen molar-refractivity contribution in [3.8, 4) is 11.4 Å². The zero-order valence-electron chi connectivity index (χ0n) is 12.2. The Labute approximate surface area is 118 Å². The van der Waals surface area contributed by atoms with Gasteiger partial charge < -0.3 is 4.74 Å². The number of ketones is 1. The Hall–Kier alpha value is -2.24. The van der Waals surface area contributed by atoms with Gasteiger partial charge in [-0.15, -0.1) is 4.68 Å². The summed E-state index contributed by atoms with van der Waals surface area (Å²) in [5.41, 5.74) is 0.493. The van der Waals surface area contributed by atoms with Gasteiger partial charge in [0.1, 0.15) is 28.0 Å². The summed E-state index contributed by atoms with van der Waals surface area (Å²) in [5.74, 6) is 0.917. The first kappa shape index (κ1) is 14.2. The van der Waals surface area contributed by atoms with Crippen LogP contribution in [0.2, 0.25) is 0 Å². The quantitative estimate of drug-likeness (QED) is 0.771. The van der Waals surface area contributed by atoms with Gasteiger partial charge in [-0.25, -0.2) is 0 Å². The van der Waals surface area contributed by atoms with Crippen molar-refractivity contribution in [2.45, 2.75) is 32.7 Å². The first-order valence-corrected chi connectivity index (χ1v) is 6.41. The van der Waals surface area contributed by atoms with E-state index in [4.69, 9.17) is 4.74 Å². The smallest absolute Gasteiger partial charge is 0.251 e. The maximum Gasteiger partial charge on any atom is 0.251 e. The number of aromatic nitrogens is 4. The highest BCUT2D eigenvalue weighted by Crippen LogP contribution is 2.14. The topological polar surface area (TPSA) is 60.9 Å². The van der Waals surface area contributed by atoms with Gasteiger partial charge in [0, 0.05) is 6.42 Å². The Balaban J connectivity index is 2.25. The van der Waals surface area contributed by atoms with Gasteiger partial charge in [-0.3, -0.25) is 4.79 Å². The molecule has 0 unspecified atom stereocenters. The molecule has 20 heavy (non-hydrogen) atoms. The van der Waals surface area contributed by atoms with E-state index in [-0.39, 0.29) is 5.78 Å². The van der Waals surface area contributed by atoms with Crippen LogP contribution in [-0.4, -0.2) is 28.0 Å². The Kier molecular flexibility index (Phi) is 3.83. The minimum Gasteiger partial charge on any atom is -0.497 e. The Bertz CT molecular complexity index is 602. The van der Waals surface area contributed by atoms with E-state index in [9.17, 15) is 4.79 Å². The third-order valence-electron chi connectivity index (χ3n) is 3.09. The van der Waals surface area contributed by atoms with Gasteiger partial charge in [-0.1, -0.05) is 4.68 Å². The molecule has 0 aliphatic carbocycles. The van der Waals surface area contributed by atoms with E-state index in [0.29, 0.717) is 6.42 Å². The lowest BCUT2D eigenvalue weighted by Crippen LogP contribution is -2.54. The minimum absolute atomic E-state index is 0.126. The van der Waals surface area contributed by atoms with Crippen LogP contribution in [0, 0.1) is 0 Å². The van der Waals surface area contributed by atoms with Crippen molar-refractivity contribution in [1.82, 2.24) is 15.1 Å². The first-order valence-electron chi connectivity index (χ1n) is 6.41. The monoisotopic (exact) mass is 275 g/mol. The van der Waals surface area contributed by atoms with Crippen molar-refractivity contribution in [2.75, 3.05) is 7.11 Å². The van der Waals surface area contributed by atoms with Gasteiger partial charge in [0.2, 0.25) is 0 Å². The summed E-state index contributed by atoms with van der Waals surface area (Å²) in [6, 6.07) is 7.52. The van der Waals surface area contributed by atoms with Crippen molar-refractivity contribution >= 4 is 5.78 Å². The number of tetrazole rings is 1. The summed E-state index contributed by atoms with van der Waals surface area (Å²) in [7, 11) is 1.63. The number of carbonyl (C=O) groups excluding carboxylic acids is 1. The molecule has 0 N–H and O–H groups in total. The van der Waals surface area contributed by atoms with Gasteiger partial charge >= 0.3 is 0 Å². The van der Waals surface area contributed by atoms with E-state index >= 15 is 0 Å². The molecule has 2 rings (SSSR count). The van der Waals surface area contributed by atoms with Gasteiger partial charge in [-0.2, -0.15) is 0 Å². The second-order valence-electron chi connectivity index (χ2n) is 5.37. The predicted octanol–water partition coefficient (Wildman–Crippen LogP) is 1.28. The fourth-order valence-corrected chi connectivity index (χ4v) is 2.06. The van der Waals surface area contributed by atoms with Crippen LogP contribution in [0.25, 0.3) is 5.69 Å². The van der Waals surface area contributed by atoms with Crippen molar-refractivity contribution in [3.05, 3.63) is 30.6 Å². The Morgan fingerprint density at radius 1 is 1.35 bits per heavy atom. The molecule has 1 aromatic carbocycles. The zero-order chi connectivity index (χ0) is 14.8. The van der Waals surface area contributed by atoms with Crippen molar-refractivity contribution in [1.29, 1.82) is 0 Å². The molecule has 106 valence electrons. The van der Waals surface area contributed by atoms with Crippen LogP contribution in [0.5, 0.6) is 5.75 Å². The van der Waals surface area contributed by atoms with Crippen molar-refractivity contribution in [3.63, 3.8) is 0 Å². The molecule has 0 fully saturated rings. The molecule has 6 nitrogen and oxygen atoms in total. The van der Waals surface area contributed by atoms with Crippen molar-refractivity contribution in [2.24, 2.45) is 0 Å². The van der Waals surface area contributed by atoms with Crippen LogP contribution in [0.4, 0.5) is 0 Å². The number of nitrogens with zero attached hydrogens (tertiary/aromatic N) is 4. The van der Waals surface area contributed by atoms with Gasteiger partial charge in [-0.05, 0) is 45.0 Å². The summed E-state index contributed by atoms with van der Waals surface area (Å²) < 4.78 is 8.50. The number of carbonyl (C=O) groups is 1. The highest BCUT2D eigenvalue weighted by Gasteiger charge is 2.29. The van der Waals surface area contributed by atoms with E-state index < -0.39 is 5.54 Å². The minimum atomic E-state index is -0.392. The van der Waals surface area contributed by atoms with Gasteiger partial charge in [0.25, 0.3) is 6.33 Å². The Morgan fingerprint density at radius 3 is 2.55 bits per heavy atom. The van der Waals surface area contributed by atoms with Crippen LogP contribution in [0.15, 0.2) is 30.6 Å². The van der Waals surface area contributed by atoms with E-state index in [1.807, 2.05) is 38.1 Å². The molecular formula is C14H19N4O2+. The molecule has 0 saturated carbocycles. The number of benzene rings is 1. The average molecular weight is 275 g/mol. The number of rotatable bonds is 5. The molecule has 2 aromatic rings. The molecule has 0 radical (unpaired) electrons. The molecule has 0 aliphatic rings. The van der Waals surface area contributed by atoms with Crippen LogP contribution in [0.3, 0.4) is 0 Å². The molecule has 1 aromatic heterocycles. The second-order valence-corrected chi connectivity index (χ2v) is 5.37. The summed E-state index contributed by atoms with van der Waals surface area (Å²) in [6.45, 7) is 5.50. The maximum atomic E-state index is 11.3. The standard InChI is InChI=1S/C14H19N4O2/c1-11(19)9-14(2,3)18-10-17(15-16-18)12-5-7-13(20-4)8-6-12/h5-8,10H,9H2,1-4H3/q+1. The largest absolute Gasteiger partial charge is 0.497 e. The fourth-order valence-electron chi connectivity index (χ4n) is 2.06. The molecule has 0 amide bonds. The number of methoxy groups -OCH3 is 1. The van der Waals surface area contributed by atoms with Crippen LogP contribution in [0.1, 0.15) is 27.2 Å². The zero-order valence-corrected chi connectivity index (χ0v) is 12.2. The average Bonchev–Trinajstić information content (AvgIpc) is 2.88. The molecule has 6 heteroatoms. The highest BCUT2D eigenvalue weighted by molar-refractivity contribution is 5.76. The second kappa shape index (κ2) is 5.40. The third kappa shape index (κ3) is 3.01. The lowest BCUT2D eigenvalue weighted by Gasteiger charge is -2.17. The molecular weight excluding hydrogens is 256 g/mol. The molecule has 0 spiro atoms. The maximum absolute atomic E-state index is 11.3. The lowest BCUT2D eigenvalue weighted by molar-refractivity contribution is -0.809. The molecule has 0 saturated heterocycles. The fraction of sp³-hybridized carbons (Fsp3) is 0.429. The van der Waals surface area contributed by atoms with Crippen LogP contribution in [-0.2, 0) is 10.3 Å². The van der Waals surface area contributed by atoms with Gasteiger partial charge in [0.05, 0.1) is 7.11 Å². The van der Waals surface area contributed by atoms with Gasteiger partial charge in [0.15, 0.2) is 5.21 Å². The van der Waals surface area contributed by atoms with E-state index in [0.717, 1.165) is 11.4 Å². The SMILES string of the molecule is COc1ccc(-n2c[n+](C(C)(C)CC(C)=O)nn2)cc1. The van der Waals surface area contributed by atoms with E-state index in [1.165, 1.54) is 0 Å². The summed E-state index contributed by atoms with van der Waals surface area (Å²) >= 11 is 0. The summed E-state index contributed by atoms with van der Waals surface area (Å²) in [6.07, 6.45) is 2.20. The molecule has 1 heterocycles.